The van der Waals surface area contributed by atoms with Crippen LogP contribution in [0.5, 0.6) is 0 Å². The standard InChI is InChI=1S/C8H8BrF.B12/c1-2-6-3-4-8(10)7(9)5-6;1-8(2)11(7)12(9(3)4)10(5)6/h3-5H,2H2,1H3;. The van der Waals surface area contributed by atoms with Crippen LogP contribution >= 0.6 is 15.9 Å². The second-order valence-corrected chi connectivity index (χ2v) is 5.84. The highest BCUT2D eigenvalue weighted by molar-refractivity contribution is 9.10. The van der Waals surface area contributed by atoms with E-state index in [1.54, 1.807) is 12.1 Å². The maximum Gasteiger partial charge on any atom is 0.137 e. The zero-order chi connectivity index (χ0) is 17.4. The average Bonchev–Trinajstić information content (AvgIpc) is 2.41. The van der Waals surface area contributed by atoms with Gasteiger partial charge in [0, 0.05) is 86.1 Å². The molecule has 0 amide bonds. The minimum Gasteiger partial charge on any atom is -0.206 e. The highest BCUT2D eigenvalue weighted by Gasteiger charge is 2.29. The lowest BCUT2D eigenvalue weighted by atomic mass is 8.53. The number of hydrogen-bond acceptors (Lipinski definition) is 0. The molecule has 0 saturated carbocycles. The SMILES string of the molecule is CCc1ccc(F)c(Br)c1.[B]B([B])B([B])B(B([B])[B])B([B])[B]. The predicted octanol–water partition coefficient (Wildman–Crippen LogP) is -1.42. The van der Waals surface area contributed by atoms with Gasteiger partial charge in [-0.3, -0.25) is 0 Å². The fourth-order valence-corrected chi connectivity index (χ4v) is 2.21. The molecule has 0 atom stereocenters. The van der Waals surface area contributed by atoms with Crippen LogP contribution in [0.1, 0.15) is 12.5 Å². The third kappa shape index (κ3) is 7.79. The first kappa shape index (κ1) is 22.4. The quantitative estimate of drug-likeness (QED) is 0.581. The van der Waals surface area contributed by atoms with Crippen molar-refractivity contribution in [2.75, 3.05) is 0 Å². The van der Waals surface area contributed by atoms with E-state index >= 15 is 0 Å². The first-order valence-corrected chi connectivity index (χ1v) is 7.64. The lowest BCUT2D eigenvalue weighted by Crippen LogP contribution is -2.67. The molecule has 1 aromatic rings. The summed E-state index contributed by atoms with van der Waals surface area (Å²) >= 11 is 3.11. The van der Waals surface area contributed by atoms with Gasteiger partial charge in [0.25, 0.3) is 0 Å². The number of aryl methyl sites for hydroxylation is 1. The molecular weight excluding hydrogens is 325 g/mol. The molecule has 0 heterocycles. The predicted molar refractivity (Wildman–Crippen MR) is 113 cm³/mol. The Morgan fingerprint density at radius 1 is 0.955 bits per heavy atom. The third-order valence-corrected chi connectivity index (χ3v) is 3.78. The van der Waals surface area contributed by atoms with Crippen LogP contribution in [-0.4, -0.2) is 86.1 Å². The van der Waals surface area contributed by atoms with E-state index in [0.29, 0.717) is 4.47 Å². The van der Waals surface area contributed by atoms with E-state index in [1.165, 1.54) is 6.07 Å². The summed E-state index contributed by atoms with van der Waals surface area (Å²) in [6, 6.07) is 5.07. The van der Waals surface area contributed by atoms with E-state index in [1.807, 2.05) is 6.92 Å². The van der Waals surface area contributed by atoms with E-state index in [0.717, 1.165) is 12.0 Å². The summed E-state index contributed by atoms with van der Waals surface area (Å²) < 4.78 is 13.1. The Morgan fingerprint density at radius 2 is 1.45 bits per heavy atom. The molecule has 0 aliphatic heterocycles. The van der Waals surface area contributed by atoms with Gasteiger partial charge in [-0.25, -0.2) is 4.39 Å². The molecule has 0 fully saturated rings. The van der Waals surface area contributed by atoms with Gasteiger partial charge in [0.2, 0.25) is 0 Å². The zero-order valence-electron chi connectivity index (χ0n) is 12.6. The molecule has 90 valence electrons. The van der Waals surface area contributed by atoms with Crippen molar-refractivity contribution >= 4 is 102 Å². The average molecular weight is 333 g/mol. The molecule has 14 heteroatoms. The van der Waals surface area contributed by atoms with Crippen LogP contribution in [0.4, 0.5) is 4.39 Å². The Balaban J connectivity index is 0.000000406. The fraction of sp³-hybridized carbons (Fsp3) is 0.250. The van der Waals surface area contributed by atoms with Gasteiger partial charge < -0.3 is 0 Å². The Labute approximate surface area is 153 Å². The first-order chi connectivity index (χ1) is 10.1. The van der Waals surface area contributed by atoms with Crippen LogP contribution in [0.2, 0.25) is 0 Å². The van der Waals surface area contributed by atoms with Crippen LogP contribution in [0.25, 0.3) is 0 Å². The van der Waals surface area contributed by atoms with Gasteiger partial charge in [-0.15, -0.1) is 0 Å². The van der Waals surface area contributed by atoms with Crippen molar-refractivity contribution in [3.05, 3.63) is 34.1 Å². The van der Waals surface area contributed by atoms with Crippen molar-refractivity contribution in [2.45, 2.75) is 13.3 Å². The summed E-state index contributed by atoms with van der Waals surface area (Å²) in [6.07, 6.45) is -2.28. The smallest absolute Gasteiger partial charge is 0.137 e. The van der Waals surface area contributed by atoms with Gasteiger partial charge in [-0.05, 0) is 40.0 Å². The molecule has 0 aliphatic carbocycles. The van der Waals surface area contributed by atoms with E-state index in [4.69, 9.17) is 54.2 Å². The molecule has 1 aromatic carbocycles. The molecule has 0 saturated heterocycles. The number of hydrogen-bond donors (Lipinski definition) is 0. The van der Waals surface area contributed by atoms with Gasteiger partial charge in [0.15, 0.2) is 0 Å². The summed E-state index contributed by atoms with van der Waals surface area (Å²) in [6.45, 7) is 2.04. The Hall–Kier alpha value is 0.409. The van der Waals surface area contributed by atoms with Gasteiger partial charge in [0.1, 0.15) is 5.82 Å². The molecular formula is C8H8B12BrF. The molecule has 0 aromatic heterocycles. The molecule has 0 aliphatic rings. The van der Waals surface area contributed by atoms with Crippen LogP contribution < -0.4 is 0 Å². The molecule has 1 rings (SSSR count). The van der Waals surface area contributed by atoms with Crippen molar-refractivity contribution in [3.63, 3.8) is 0 Å². The third-order valence-electron chi connectivity index (χ3n) is 3.17. The topological polar surface area (TPSA) is 0 Å². The van der Waals surface area contributed by atoms with Crippen LogP contribution in [0.3, 0.4) is 0 Å². The fourth-order valence-electron chi connectivity index (χ4n) is 1.79. The van der Waals surface area contributed by atoms with Crippen molar-refractivity contribution in [2.24, 2.45) is 0 Å². The zero-order valence-corrected chi connectivity index (χ0v) is 14.2. The summed E-state index contributed by atoms with van der Waals surface area (Å²) in [7, 11) is 37.9. The minimum absolute atomic E-state index is 0.197. The highest BCUT2D eigenvalue weighted by atomic mass is 79.9. The maximum atomic E-state index is 12.6. The number of rotatable bonds is 5. The highest BCUT2D eigenvalue weighted by Crippen LogP contribution is 2.16. The first-order valence-electron chi connectivity index (χ1n) is 6.84. The van der Waals surface area contributed by atoms with Crippen molar-refractivity contribution in [3.8, 4) is 0 Å². The van der Waals surface area contributed by atoms with E-state index in [9.17, 15) is 4.39 Å². The Kier molecular flexibility index (Phi) is 11.3. The van der Waals surface area contributed by atoms with Crippen LogP contribution in [0, 0.1) is 5.82 Å². The summed E-state index contributed by atoms with van der Waals surface area (Å²) in [4.78, 5) is 0. The minimum atomic E-state index is -0.723. The molecule has 0 spiro atoms. The number of halogens is 2. The van der Waals surface area contributed by atoms with Gasteiger partial charge in [-0.2, -0.15) is 0 Å². The van der Waals surface area contributed by atoms with Crippen molar-refractivity contribution < 1.29 is 4.39 Å². The second-order valence-electron chi connectivity index (χ2n) is 4.99. The lowest BCUT2D eigenvalue weighted by Gasteiger charge is -2.29. The van der Waals surface area contributed by atoms with Gasteiger partial charge in [-0.1, -0.05) is 13.0 Å². The molecule has 14 radical (unpaired) electrons. The summed E-state index contributed by atoms with van der Waals surface area (Å²) in [5, 5.41) is 0. The normalized spacial score (nSPS) is 9.23. The van der Waals surface area contributed by atoms with Crippen molar-refractivity contribution in [1.29, 1.82) is 0 Å². The van der Waals surface area contributed by atoms with Crippen molar-refractivity contribution in [1.82, 2.24) is 0 Å². The molecule has 0 N–H and O–H groups in total. The number of benzene rings is 1. The summed E-state index contributed by atoms with van der Waals surface area (Å²) in [5.74, 6) is -0.197. The largest absolute Gasteiger partial charge is 0.206 e. The van der Waals surface area contributed by atoms with Gasteiger partial charge >= 0.3 is 0 Å². The van der Waals surface area contributed by atoms with E-state index < -0.39 is 31.9 Å². The molecule has 0 nitrogen and oxygen atoms in total. The Morgan fingerprint density at radius 3 is 1.73 bits per heavy atom. The molecule has 0 bridgehead atoms. The summed E-state index contributed by atoms with van der Waals surface area (Å²) in [5.41, 5.74) is 1.15. The Bertz CT molecular complexity index is 435. The second kappa shape index (κ2) is 11.0. The van der Waals surface area contributed by atoms with E-state index in [2.05, 4.69) is 15.9 Å². The van der Waals surface area contributed by atoms with E-state index in [-0.39, 0.29) is 5.82 Å². The monoisotopic (exact) mass is 334 g/mol. The molecule has 22 heavy (non-hydrogen) atoms. The molecule has 0 unspecified atom stereocenters. The lowest BCUT2D eigenvalue weighted by molar-refractivity contribution is 0.620. The maximum absolute atomic E-state index is 12.6. The van der Waals surface area contributed by atoms with Crippen LogP contribution in [0.15, 0.2) is 22.7 Å². The van der Waals surface area contributed by atoms with Gasteiger partial charge in [0.05, 0.1) is 4.47 Å². The van der Waals surface area contributed by atoms with Crippen LogP contribution in [-0.2, 0) is 6.42 Å².